The molecule has 0 N–H and O–H groups in total. The third-order valence-electron chi connectivity index (χ3n) is 0.551. The van der Waals surface area contributed by atoms with E-state index in [1.54, 1.807) is 0 Å². The molecule has 0 amide bonds. The molecule has 7 heavy (non-hydrogen) atoms. The zero-order chi connectivity index (χ0) is 5.28. The second kappa shape index (κ2) is 1.46. The molecule has 0 bridgehead atoms. The molecule has 0 aliphatic rings. The van der Waals surface area contributed by atoms with E-state index in [0.29, 0.717) is 0 Å². The Balaban J connectivity index is 3.39. The molecule has 3 nitrogen and oxygen atoms in total. The number of rotatable bonds is 0. The van der Waals surface area contributed by atoms with Gasteiger partial charge in [-0.2, -0.15) is 5.10 Å². The van der Waals surface area contributed by atoms with Gasteiger partial charge in [0.05, 0.1) is 7.05 Å². The second-order valence-corrected chi connectivity index (χ2v) is 1.80. The van der Waals surface area contributed by atoms with Gasteiger partial charge in [-0.15, -0.1) is 0 Å². The van der Waals surface area contributed by atoms with Crippen molar-refractivity contribution in [2.24, 2.45) is 0 Å². The van der Waals surface area contributed by atoms with Crippen LogP contribution in [0.1, 0.15) is 0 Å². The Labute approximate surface area is 44.2 Å². The van der Waals surface area contributed by atoms with Crippen LogP contribution in [0.3, 0.4) is 0 Å². The van der Waals surface area contributed by atoms with E-state index in [0.717, 1.165) is 16.0 Å². The van der Waals surface area contributed by atoms with Crippen molar-refractivity contribution in [3.63, 3.8) is 0 Å². The summed E-state index contributed by atoms with van der Waals surface area (Å²) < 4.78 is 1.05. The molecule has 0 atom stereocenters. The second-order valence-electron chi connectivity index (χ2n) is 1.00. The average molecular weight is 115 g/mol. The summed E-state index contributed by atoms with van der Waals surface area (Å²) in [5, 5.41) is 3.53. The topological polar surface area (TPSA) is 34.9 Å². The van der Waals surface area contributed by atoms with Gasteiger partial charge in [0.15, 0.2) is 0 Å². The first-order chi connectivity index (χ1) is 3.30. The van der Waals surface area contributed by atoms with Crippen molar-refractivity contribution in [3.05, 3.63) is 22.2 Å². The van der Waals surface area contributed by atoms with Gasteiger partial charge in [-0.05, 0) is 0 Å². The molecule has 0 saturated carbocycles. The largest absolute Gasteiger partial charge is 0.324 e. The van der Waals surface area contributed by atoms with Gasteiger partial charge >= 0.3 is 4.87 Å². The predicted octanol–water partition coefficient (Wildman–Crippen LogP) is -0.0555. The fraction of sp³-hybridized carbons (Fsp3) is 0. The molecule has 1 aromatic rings. The molecule has 1 rings (SSSR count). The molecule has 1 aromatic heterocycles. The molecule has 0 saturated heterocycles. The first-order valence-electron chi connectivity index (χ1n) is 1.64. The lowest BCUT2D eigenvalue weighted by Gasteiger charge is -1.74. The van der Waals surface area contributed by atoms with Crippen LogP contribution in [0.15, 0.2) is 10.3 Å². The molecular formula is C3H3N2OS. The summed E-state index contributed by atoms with van der Waals surface area (Å²) in [5.41, 5.74) is 1.45. The smallest absolute Gasteiger partial charge is 0.255 e. The highest BCUT2D eigenvalue weighted by Gasteiger charge is 1.84. The van der Waals surface area contributed by atoms with Gasteiger partial charge in [-0.25, -0.2) is 4.68 Å². The van der Waals surface area contributed by atoms with Gasteiger partial charge in [0.1, 0.15) is 5.51 Å². The van der Waals surface area contributed by atoms with Crippen molar-refractivity contribution in [3.8, 4) is 0 Å². The minimum Gasteiger partial charge on any atom is -0.255 e. The summed E-state index contributed by atoms with van der Waals surface area (Å²) in [6, 6.07) is 0. The van der Waals surface area contributed by atoms with E-state index in [9.17, 15) is 4.79 Å². The Morgan fingerprint density at radius 3 is 2.86 bits per heavy atom. The number of hydrogen-bond donors (Lipinski definition) is 0. The maximum atomic E-state index is 10.3. The quantitative estimate of drug-likeness (QED) is 0.475. The Morgan fingerprint density at radius 1 is 2.00 bits per heavy atom. The van der Waals surface area contributed by atoms with Crippen molar-refractivity contribution < 1.29 is 0 Å². The monoisotopic (exact) mass is 115 g/mol. The highest BCUT2D eigenvalue weighted by Crippen LogP contribution is 1.76. The van der Waals surface area contributed by atoms with Crippen molar-refractivity contribution in [2.45, 2.75) is 0 Å². The summed E-state index contributed by atoms with van der Waals surface area (Å²) >= 11 is 1.04. The molecule has 0 fully saturated rings. The molecule has 0 unspecified atom stereocenters. The lowest BCUT2D eigenvalue weighted by Crippen LogP contribution is -2.06. The third-order valence-corrected chi connectivity index (χ3v) is 1.16. The van der Waals surface area contributed by atoms with Crippen LogP contribution in [0.25, 0.3) is 0 Å². The van der Waals surface area contributed by atoms with E-state index in [2.05, 4.69) is 12.1 Å². The fourth-order valence-electron chi connectivity index (χ4n) is 0.234. The van der Waals surface area contributed by atoms with Crippen LogP contribution in [0.2, 0.25) is 0 Å². The van der Waals surface area contributed by atoms with Crippen LogP contribution in [-0.2, 0) is 0 Å². The van der Waals surface area contributed by atoms with E-state index < -0.39 is 0 Å². The zero-order valence-corrected chi connectivity index (χ0v) is 4.31. The minimum atomic E-state index is -0.125. The molecule has 0 aliphatic carbocycles. The van der Waals surface area contributed by atoms with Gasteiger partial charge in [-0.3, -0.25) is 4.79 Å². The van der Waals surface area contributed by atoms with Gasteiger partial charge in [-0.1, -0.05) is 11.3 Å². The molecule has 1 radical (unpaired) electrons. The number of nitrogens with zero attached hydrogens (tertiary/aromatic N) is 2. The fourth-order valence-corrected chi connectivity index (χ4v) is 0.653. The van der Waals surface area contributed by atoms with Crippen LogP contribution in [-0.4, -0.2) is 9.78 Å². The SMILES string of the molecule is [CH2]n1ncsc1=O. The standard InChI is InChI=1S/C3H3N2OS/c1-5-3(6)7-2-4-5/h2H,1H2. The van der Waals surface area contributed by atoms with E-state index in [4.69, 9.17) is 0 Å². The lowest BCUT2D eigenvalue weighted by molar-refractivity contribution is 0.848. The van der Waals surface area contributed by atoms with E-state index >= 15 is 0 Å². The van der Waals surface area contributed by atoms with Gasteiger partial charge in [0, 0.05) is 0 Å². The molecule has 37 valence electrons. The summed E-state index contributed by atoms with van der Waals surface area (Å²) in [7, 11) is 3.28. The maximum Gasteiger partial charge on any atom is 0.324 e. The van der Waals surface area contributed by atoms with Crippen LogP contribution in [0, 0.1) is 7.05 Å². The number of hydrogen-bond acceptors (Lipinski definition) is 3. The first-order valence-corrected chi connectivity index (χ1v) is 2.52. The molecule has 4 heteroatoms. The Kier molecular flexibility index (Phi) is 0.941. The summed E-state index contributed by atoms with van der Waals surface area (Å²) in [4.78, 5) is 10.2. The average Bonchev–Trinajstić information content (AvgIpc) is 1.91. The van der Waals surface area contributed by atoms with Gasteiger partial charge < -0.3 is 0 Å². The molecule has 0 spiro atoms. The Hall–Kier alpha value is -0.640. The summed E-state index contributed by atoms with van der Waals surface area (Å²) in [6.45, 7) is 0. The highest BCUT2D eigenvalue weighted by molar-refractivity contribution is 7.06. The molecular weight excluding hydrogens is 112 g/mol. The van der Waals surface area contributed by atoms with Crippen LogP contribution in [0.4, 0.5) is 0 Å². The van der Waals surface area contributed by atoms with Crippen molar-refractivity contribution >= 4 is 11.3 Å². The Morgan fingerprint density at radius 2 is 2.71 bits per heavy atom. The maximum absolute atomic E-state index is 10.3. The van der Waals surface area contributed by atoms with E-state index in [1.165, 1.54) is 5.51 Å². The lowest BCUT2D eigenvalue weighted by atomic mass is 11.3. The normalized spacial score (nSPS) is 9.29. The van der Waals surface area contributed by atoms with Crippen molar-refractivity contribution in [1.82, 2.24) is 9.78 Å². The highest BCUT2D eigenvalue weighted by atomic mass is 32.1. The number of aromatic nitrogens is 2. The van der Waals surface area contributed by atoms with Gasteiger partial charge in [0.2, 0.25) is 0 Å². The molecule has 0 aromatic carbocycles. The van der Waals surface area contributed by atoms with Gasteiger partial charge in [0.25, 0.3) is 0 Å². The van der Waals surface area contributed by atoms with Crippen LogP contribution >= 0.6 is 11.3 Å². The first kappa shape index (κ1) is 4.52. The predicted molar refractivity (Wildman–Crippen MR) is 27.1 cm³/mol. The van der Waals surface area contributed by atoms with E-state index in [-0.39, 0.29) is 4.87 Å². The third kappa shape index (κ3) is 0.691. The summed E-state index contributed by atoms with van der Waals surface area (Å²) in [5.74, 6) is 0. The molecule has 1 heterocycles. The minimum absolute atomic E-state index is 0.125. The van der Waals surface area contributed by atoms with E-state index in [1.807, 2.05) is 0 Å². The molecule has 0 aliphatic heterocycles. The van der Waals surface area contributed by atoms with Crippen molar-refractivity contribution in [2.75, 3.05) is 0 Å². The van der Waals surface area contributed by atoms with Crippen LogP contribution in [0.5, 0.6) is 0 Å². The van der Waals surface area contributed by atoms with Crippen LogP contribution < -0.4 is 4.87 Å². The Bertz CT molecular complexity index is 201. The summed E-state index contributed by atoms with van der Waals surface area (Å²) in [6.07, 6.45) is 0. The van der Waals surface area contributed by atoms with Crippen molar-refractivity contribution in [1.29, 1.82) is 0 Å². The zero-order valence-electron chi connectivity index (χ0n) is 3.50.